The molecule has 0 fully saturated rings. The quantitative estimate of drug-likeness (QED) is 0.660. The van der Waals surface area contributed by atoms with Crippen LogP contribution in [0, 0.1) is 11.8 Å². The summed E-state index contributed by atoms with van der Waals surface area (Å²) in [5.74, 6) is 6.58. The van der Waals surface area contributed by atoms with Crippen molar-refractivity contribution >= 4 is 5.57 Å². The van der Waals surface area contributed by atoms with Crippen LogP contribution in [0.3, 0.4) is 0 Å². The molecule has 0 heterocycles. The van der Waals surface area contributed by atoms with Crippen LogP contribution in [0.4, 0.5) is 0 Å². The summed E-state index contributed by atoms with van der Waals surface area (Å²) >= 11 is 0. The molecule has 0 spiro atoms. The number of rotatable bonds is 2. The van der Waals surface area contributed by atoms with E-state index in [0.717, 1.165) is 17.6 Å². The lowest BCUT2D eigenvalue weighted by Crippen LogP contribution is -1.86. The molecule has 19 heavy (non-hydrogen) atoms. The van der Waals surface area contributed by atoms with Crippen molar-refractivity contribution in [3.05, 3.63) is 77.4 Å². The van der Waals surface area contributed by atoms with Crippen LogP contribution in [-0.2, 0) is 0 Å². The third-order valence-corrected chi connectivity index (χ3v) is 3.13. The molecule has 0 atom stereocenters. The second-order valence-electron chi connectivity index (χ2n) is 4.49. The summed E-state index contributed by atoms with van der Waals surface area (Å²) in [5.41, 5.74) is 4.73. The van der Waals surface area contributed by atoms with E-state index in [1.165, 1.54) is 11.1 Å². The average molecular weight is 246 g/mol. The minimum Gasteiger partial charge on any atom is -0.0622 e. The fourth-order valence-corrected chi connectivity index (χ4v) is 1.86. The van der Waals surface area contributed by atoms with Gasteiger partial charge < -0.3 is 0 Å². The van der Waals surface area contributed by atoms with E-state index in [2.05, 4.69) is 50.0 Å². The zero-order chi connectivity index (χ0) is 13.5. The summed E-state index contributed by atoms with van der Waals surface area (Å²) in [6.45, 7) is 4.32. The van der Waals surface area contributed by atoms with Crippen LogP contribution in [0.2, 0.25) is 0 Å². The lowest BCUT2D eigenvalue weighted by molar-refractivity contribution is 1.11. The van der Waals surface area contributed by atoms with Gasteiger partial charge in [-0.05, 0) is 31.0 Å². The number of allylic oxidation sites excluding steroid dienone is 2. The van der Waals surface area contributed by atoms with Crippen molar-refractivity contribution in [3.8, 4) is 11.8 Å². The predicted octanol–water partition coefficient (Wildman–Crippen LogP) is 4.92. The Hall–Kier alpha value is -2.26. The molecule has 2 rings (SSSR count). The van der Waals surface area contributed by atoms with Crippen molar-refractivity contribution in [2.24, 2.45) is 0 Å². The molecule has 0 heteroatoms. The van der Waals surface area contributed by atoms with Gasteiger partial charge in [0.05, 0.1) is 0 Å². The van der Waals surface area contributed by atoms with E-state index in [1.807, 2.05) is 36.4 Å². The van der Waals surface area contributed by atoms with Crippen molar-refractivity contribution in [1.82, 2.24) is 0 Å². The molecule has 0 aliphatic carbocycles. The molecule has 2 aromatic carbocycles. The van der Waals surface area contributed by atoms with Gasteiger partial charge in [0.2, 0.25) is 0 Å². The molecule has 94 valence electrons. The van der Waals surface area contributed by atoms with Gasteiger partial charge in [-0.25, -0.2) is 0 Å². The van der Waals surface area contributed by atoms with Crippen LogP contribution in [0.15, 0.2) is 66.2 Å². The van der Waals surface area contributed by atoms with Crippen LogP contribution in [0.1, 0.15) is 31.4 Å². The maximum atomic E-state index is 3.33. The molecule has 0 radical (unpaired) electrons. The highest BCUT2D eigenvalue weighted by Gasteiger charge is 2.01. The molecular formula is C19H18. The van der Waals surface area contributed by atoms with Crippen molar-refractivity contribution < 1.29 is 0 Å². The van der Waals surface area contributed by atoms with Gasteiger partial charge in [0, 0.05) is 11.1 Å². The lowest BCUT2D eigenvalue weighted by atomic mass is 9.99. The Morgan fingerprint density at radius 1 is 0.895 bits per heavy atom. The second kappa shape index (κ2) is 6.61. The van der Waals surface area contributed by atoms with Crippen LogP contribution >= 0.6 is 0 Å². The van der Waals surface area contributed by atoms with Gasteiger partial charge in [-0.1, -0.05) is 72.9 Å². The Bertz CT molecular complexity index is 607. The maximum absolute atomic E-state index is 3.33. The molecule has 0 N–H and O–H groups in total. The van der Waals surface area contributed by atoms with Gasteiger partial charge in [0.15, 0.2) is 0 Å². The number of hydrogen-bond donors (Lipinski definition) is 0. The Labute approximate surface area is 115 Å². The van der Waals surface area contributed by atoms with Crippen molar-refractivity contribution in [1.29, 1.82) is 0 Å². The van der Waals surface area contributed by atoms with Gasteiger partial charge in [0.25, 0.3) is 0 Å². The minimum absolute atomic E-state index is 1.02. The Morgan fingerprint density at radius 2 is 1.47 bits per heavy atom. The third kappa shape index (κ3) is 3.60. The molecule has 0 aliphatic rings. The first-order chi connectivity index (χ1) is 9.31. The normalized spacial score (nSPS) is 11.3. The van der Waals surface area contributed by atoms with E-state index in [4.69, 9.17) is 0 Å². The molecular weight excluding hydrogens is 228 g/mol. The Balaban J connectivity index is 2.40. The third-order valence-electron chi connectivity index (χ3n) is 3.13. The SMILES string of the molecule is CC/C(C)=C(\C#Cc1ccccc1)c1ccccc1. The van der Waals surface area contributed by atoms with Crippen molar-refractivity contribution in [2.45, 2.75) is 20.3 Å². The van der Waals surface area contributed by atoms with Gasteiger partial charge in [-0.2, -0.15) is 0 Å². The van der Waals surface area contributed by atoms with Gasteiger partial charge in [0.1, 0.15) is 0 Å². The summed E-state index contributed by atoms with van der Waals surface area (Å²) < 4.78 is 0. The fourth-order valence-electron chi connectivity index (χ4n) is 1.86. The van der Waals surface area contributed by atoms with Crippen LogP contribution in [0.25, 0.3) is 5.57 Å². The molecule has 0 nitrogen and oxygen atoms in total. The zero-order valence-electron chi connectivity index (χ0n) is 11.5. The smallest absolute Gasteiger partial charge is 0.0310 e. The molecule has 0 aliphatic heterocycles. The molecule has 2 aromatic rings. The molecule has 0 unspecified atom stereocenters. The van der Waals surface area contributed by atoms with E-state index >= 15 is 0 Å². The molecule has 0 bridgehead atoms. The molecule has 0 amide bonds. The zero-order valence-corrected chi connectivity index (χ0v) is 11.5. The molecule has 0 saturated carbocycles. The van der Waals surface area contributed by atoms with E-state index in [-0.39, 0.29) is 0 Å². The first-order valence-electron chi connectivity index (χ1n) is 6.63. The summed E-state index contributed by atoms with van der Waals surface area (Å²) in [6, 6.07) is 20.5. The summed E-state index contributed by atoms with van der Waals surface area (Å²) in [5, 5.41) is 0. The van der Waals surface area contributed by atoms with Crippen molar-refractivity contribution in [2.75, 3.05) is 0 Å². The van der Waals surface area contributed by atoms with E-state index in [9.17, 15) is 0 Å². The second-order valence-corrected chi connectivity index (χ2v) is 4.49. The summed E-state index contributed by atoms with van der Waals surface area (Å²) in [6.07, 6.45) is 1.02. The predicted molar refractivity (Wildman–Crippen MR) is 82.6 cm³/mol. The van der Waals surface area contributed by atoms with Crippen molar-refractivity contribution in [3.63, 3.8) is 0 Å². The van der Waals surface area contributed by atoms with Crippen LogP contribution in [-0.4, -0.2) is 0 Å². The average Bonchev–Trinajstić information content (AvgIpc) is 2.49. The first-order valence-corrected chi connectivity index (χ1v) is 6.63. The lowest BCUT2D eigenvalue weighted by Gasteiger charge is -2.04. The largest absolute Gasteiger partial charge is 0.0622 e. The Kier molecular flexibility index (Phi) is 4.59. The van der Waals surface area contributed by atoms with E-state index in [1.54, 1.807) is 0 Å². The molecule has 0 aromatic heterocycles. The van der Waals surface area contributed by atoms with Crippen LogP contribution < -0.4 is 0 Å². The minimum atomic E-state index is 1.02. The van der Waals surface area contributed by atoms with E-state index in [0.29, 0.717) is 0 Å². The first kappa shape index (κ1) is 13.2. The fraction of sp³-hybridized carbons (Fsp3) is 0.158. The number of benzene rings is 2. The van der Waals surface area contributed by atoms with Gasteiger partial charge >= 0.3 is 0 Å². The summed E-state index contributed by atoms with van der Waals surface area (Å²) in [7, 11) is 0. The van der Waals surface area contributed by atoms with E-state index < -0.39 is 0 Å². The van der Waals surface area contributed by atoms with Gasteiger partial charge in [-0.15, -0.1) is 0 Å². The molecule has 0 saturated heterocycles. The highest BCUT2D eigenvalue weighted by Crippen LogP contribution is 2.19. The highest BCUT2D eigenvalue weighted by atomic mass is 14.0. The number of hydrogen-bond acceptors (Lipinski definition) is 0. The monoisotopic (exact) mass is 246 g/mol. The Morgan fingerprint density at radius 3 is 2.05 bits per heavy atom. The van der Waals surface area contributed by atoms with Gasteiger partial charge in [-0.3, -0.25) is 0 Å². The summed E-state index contributed by atoms with van der Waals surface area (Å²) in [4.78, 5) is 0. The van der Waals surface area contributed by atoms with Crippen LogP contribution in [0.5, 0.6) is 0 Å². The maximum Gasteiger partial charge on any atom is 0.0310 e. The highest BCUT2D eigenvalue weighted by molar-refractivity contribution is 5.81. The standard InChI is InChI=1S/C19H18/c1-3-16(2)19(18-12-8-5-9-13-18)15-14-17-10-6-4-7-11-17/h4-13H,3H2,1-2H3/b19-16+. The topological polar surface area (TPSA) is 0 Å².